The SMILES string of the molecule is COCC(=O)N(CCN1CCOCC1)Cc1c(-c2ccccc2)noc1N1CCCCC1C. The first-order chi connectivity index (χ1) is 16.2. The van der Waals surface area contributed by atoms with Crippen LogP contribution in [-0.2, 0) is 20.8 Å². The number of hydrogen-bond acceptors (Lipinski definition) is 7. The van der Waals surface area contributed by atoms with Gasteiger partial charge in [-0.1, -0.05) is 35.5 Å². The molecule has 1 unspecified atom stereocenters. The standard InChI is InChI=1S/C25H36N4O4/c1-20-8-6-7-11-29(20)25-22(24(26-33-25)21-9-4-3-5-10-21)18-28(23(30)19-31-2)13-12-27-14-16-32-17-15-27/h3-5,9-10,20H,6-8,11-19H2,1-2H3. The summed E-state index contributed by atoms with van der Waals surface area (Å²) in [4.78, 5) is 19.6. The molecule has 33 heavy (non-hydrogen) atoms. The van der Waals surface area contributed by atoms with Gasteiger partial charge in [0.1, 0.15) is 12.3 Å². The predicted molar refractivity (Wildman–Crippen MR) is 127 cm³/mol. The highest BCUT2D eigenvalue weighted by Crippen LogP contribution is 2.35. The van der Waals surface area contributed by atoms with E-state index in [0.717, 1.165) is 74.9 Å². The van der Waals surface area contributed by atoms with Gasteiger partial charge in [-0.25, -0.2) is 0 Å². The fraction of sp³-hybridized carbons (Fsp3) is 0.600. The van der Waals surface area contributed by atoms with E-state index in [-0.39, 0.29) is 12.5 Å². The van der Waals surface area contributed by atoms with Crippen LogP contribution in [0, 0.1) is 0 Å². The number of morpholine rings is 1. The Labute approximate surface area is 196 Å². The van der Waals surface area contributed by atoms with Crippen LogP contribution in [0.15, 0.2) is 34.9 Å². The third-order valence-electron chi connectivity index (χ3n) is 6.64. The zero-order valence-corrected chi connectivity index (χ0v) is 19.9. The van der Waals surface area contributed by atoms with E-state index in [1.54, 1.807) is 7.11 Å². The van der Waals surface area contributed by atoms with Crippen molar-refractivity contribution >= 4 is 11.8 Å². The largest absolute Gasteiger partial charge is 0.379 e. The topological polar surface area (TPSA) is 71.3 Å². The quantitative estimate of drug-likeness (QED) is 0.574. The van der Waals surface area contributed by atoms with E-state index in [0.29, 0.717) is 19.1 Å². The van der Waals surface area contributed by atoms with Gasteiger partial charge in [-0.05, 0) is 26.2 Å². The maximum absolute atomic E-state index is 13.0. The summed E-state index contributed by atoms with van der Waals surface area (Å²) in [6, 6.07) is 10.5. The molecule has 0 aliphatic carbocycles. The molecule has 2 aliphatic heterocycles. The smallest absolute Gasteiger partial charge is 0.248 e. The molecule has 2 saturated heterocycles. The number of aromatic nitrogens is 1. The number of carbonyl (C=O) groups is 1. The van der Waals surface area contributed by atoms with Gasteiger partial charge in [0.15, 0.2) is 0 Å². The average Bonchev–Trinajstić information content (AvgIpc) is 3.26. The molecule has 0 saturated carbocycles. The Morgan fingerprint density at radius 1 is 1.18 bits per heavy atom. The predicted octanol–water partition coefficient (Wildman–Crippen LogP) is 3.03. The molecule has 8 nitrogen and oxygen atoms in total. The summed E-state index contributed by atoms with van der Waals surface area (Å²) in [5.41, 5.74) is 2.78. The lowest BCUT2D eigenvalue weighted by atomic mass is 10.0. The van der Waals surface area contributed by atoms with Crippen LogP contribution in [0.3, 0.4) is 0 Å². The molecular weight excluding hydrogens is 420 g/mol. The van der Waals surface area contributed by atoms with Crippen LogP contribution >= 0.6 is 0 Å². The molecule has 1 aromatic carbocycles. The van der Waals surface area contributed by atoms with Crippen LogP contribution in [-0.4, -0.2) is 86.6 Å². The van der Waals surface area contributed by atoms with Crippen LogP contribution in [0.4, 0.5) is 5.88 Å². The molecule has 180 valence electrons. The van der Waals surface area contributed by atoms with Crippen molar-refractivity contribution in [2.45, 2.75) is 38.8 Å². The van der Waals surface area contributed by atoms with Gasteiger partial charge in [-0.3, -0.25) is 9.69 Å². The molecule has 0 radical (unpaired) electrons. The van der Waals surface area contributed by atoms with Gasteiger partial charge >= 0.3 is 0 Å². The summed E-state index contributed by atoms with van der Waals surface area (Å²) in [6.45, 7) is 8.38. The maximum atomic E-state index is 13.0. The van der Waals surface area contributed by atoms with E-state index < -0.39 is 0 Å². The number of hydrogen-bond donors (Lipinski definition) is 0. The summed E-state index contributed by atoms with van der Waals surface area (Å²) >= 11 is 0. The molecule has 3 heterocycles. The van der Waals surface area contributed by atoms with E-state index in [4.69, 9.17) is 14.0 Å². The van der Waals surface area contributed by atoms with Crippen LogP contribution in [0.5, 0.6) is 0 Å². The number of rotatable bonds is 9. The monoisotopic (exact) mass is 456 g/mol. The van der Waals surface area contributed by atoms with Gasteiger partial charge in [0.2, 0.25) is 11.8 Å². The highest BCUT2D eigenvalue weighted by Gasteiger charge is 2.30. The van der Waals surface area contributed by atoms with E-state index in [9.17, 15) is 4.79 Å². The van der Waals surface area contributed by atoms with E-state index >= 15 is 0 Å². The fourth-order valence-electron chi connectivity index (χ4n) is 4.68. The highest BCUT2D eigenvalue weighted by atomic mass is 16.5. The number of anilines is 1. The van der Waals surface area contributed by atoms with Crippen molar-refractivity contribution in [2.75, 3.05) is 64.6 Å². The maximum Gasteiger partial charge on any atom is 0.248 e. The summed E-state index contributed by atoms with van der Waals surface area (Å²) in [5.74, 6) is 0.770. The summed E-state index contributed by atoms with van der Waals surface area (Å²) in [6.07, 6.45) is 3.49. The molecule has 4 rings (SSSR count). The van der Waals surface area contributed by atoms with Crippen LogP contribution < -0.4 is 4.90 Å². The van der Waals surface area contributed by atoms with Crippen LogP contribution in [0.1, 0.15) is 31.7 Å². The normalized spacial score (nSPS) is 19.6. The Balaban J connectivity index is 1.62. The Hall–Kier alpha value is -2.42. The molecule has 1 amide bonds. The lowest BCUT2D eigenvalue weighted by molar-refractivity contribution is -0.136. The first kappa shape index (κ1) is 23.7. The molecule has 2 aliphatic rings. The van der Waals surface area contributed by atoms with E-state index in [2.05, 4.69) is 21.9 Å². The minimum absolute atomic E-state index is 0.0244. The number of nitrogens with zero attached hydrogens (tertiary/aromatic N) is 4. The van der Waals surface area contributed by atoms with Gasteiger partial charge in [0, 0.05) is 51.4 Å². The molecule has 2 fully saturated rings. The summed E-state index contributed by atoms with van der Waals surface area (Å²) in [5, 5.41) is 4.49. The molecule has 0 bridgehead atoms. The van der Waals surface area contributed by atoms with Gasteiger partial charge in [-0.2, -0.15) is 0 Å². The van der Waals surface area contributed by atoms with Crippen molar-refractivity contribution in [3.05, 3.63) is 35.9 Å². The number of amides is 1. The summed E-state index contributed by atoms with van der Waals surface area (Å²) in [7, 11) is 1.56. The van der Waals surface area contributed by atoms with Gasteiger partial charge in [0.05, 0.1) is 25.3 Å². The second kappa shape index (κ2) is 11.6. The third kappa shape index (κ3) is 5.93. The first-order valence-electron chi connectivity index (χ1n) is 12.0. The van der Waals surface area contributed by atoms with Gasteiger partial charge in [-0.15, -0.1) is 0 Å². The van der Waals surface area contributed by atoms with Crippen molar-refractivity contribution in [1.82, 2.24) is 15.0 Å². The minimum Gasteiger partial charge on any atom is -0.379 e. The lowest BCUT2D eigenvalue weighted by Gasteiger charge is -2.34. The van der Waals surface area contributed by atoms with E-state index in [1.165, 1.54) is 6.42 Å². The second-order valence-corrected chi connectivity index (χ2v) is 8.92. The average molecular weight is 457 g/mol. The third-order valence-corrected chi connectivity index (χ3v) is 6.64. The molecule has 2 aromatic rings. The van der Waals surface area contributed by atoms with Crippen LogP contribution in [0.2, 0.25) is 0 Å². The second-order valence-electron chi connectivity index (χ2n) is 8.92. The van der Waals surface area contributed by atoms with Crippen molar-refractivity contribution in [2.24, 2.45) is 0 Å². The number of benzene rings is 1. The molecule has 8 heteroatoms. The first-order valence-corrected chi connectivity index (χ1v) is 12.0. The number of methoxy groups -OCH3 is 1. The Bertz CT molecular complexity index is 882. The molecule has 0 spiro atoms. The van der Waals surface area contributed by atoms with Crippen molar-refractivity contribution in [1.29, 1.82) is 0 Å². The minimum atomic E-state index is -0.0244. The Kier molecular flexibility index (Phi) is 8.36. The molecule has 1 atom stereocenters. The van der Waals surface area contributed by atoms with Crippen molar-refractivity contribution < 1.29 is 18.8 Å². The highest BCUT2D eigenvalue weighted by molar-refractivity contribution is 5.78. The van der Waals surface area contributed by atoms with Gasteiger partial charge < -0.3 is 23.8 Å². The summed E-state index contributed by atoms with van der Waals surface area (Å²) < 4.78 is 16.6. The Morgan fingerprint density at radius 2 is 1.97 bits per heavy atom. The zero-order chi connectivity index (χ0) is 23.0. The number of carbonyl (C=O) groups excluding carboxylic acids is 1. The Morgan fingerprint density at radius 3 is 2.70 bits per heavy atom. The van der Waals surface area contributed by atoms with E-state index in [1.807, 2.05) is 35.2 Å². The lowest BCUT2D eigenvalue weighted by Crippen LogP contribution is -2.44. The van der Waals surface area contributed by atoms with Crippen LogP contribution in [0.25, 0.3) is 11.3 Å². The number of ether oxygens (including phenoxy) is 2. The van der Waals surface area contributed by atoms with Crippen molar-refractivity contribution in [3.63, 3.8) is 0 Å². The molecular formula is C25H36N4O4. The van der Waals surface area contributed by atoms with Crippen molar-refractivity contribution in [3.8, 4) is 11.3 Å². The molecule has 1 aromatic heterocycles. The zero-order valence-electron chi connectivity index (χ0n) is 19.9. The fourth-order valence-corrected chi connectivity index (χ4v) is 4.68. The number of piperidine rings is 1. The van der Waals surface area contributed by atoms with Gasteiger partial charge in [0.25, 0.3) is 0 Å². The molecule has 0 N–H and O–H groups in total.